The molecule has 0 amide bonds. The first kappa shape index (κ1) is 3.71. The van der Waals surface area contributed by atoms with Crippen LogP contribution in [0.1, 0.15) is 45.1 Å². The molecular formula is C17H18. The molecule has 0 bridgehead atoms. The molecule has 0 aliphatic heterocycles. The van der Waals surface area contributed by atoms with Gasteiger partial charge in [-0.05, 0) is 66.2 Å². The number of hydrogen-bond donors (Lipinski definition) is 0. The summed E-state index contributed by atoms with van der Waals surface area (Å²) in [6, 6.07) is 7.30. The van der Waals surface area contributed by atoms with Crippen molar-refractivity contribution in [3.05, 3.63) is 58.7 Å². The van der Waals surface area contributed by atoms with Crippen LogP contribution in [0.15, 0.2) is 36.4 Å². The second-order valence-electron chi connectivity index (χ2n) is 3.83. The molecule has 0 unspecified atom stereocenters. The van der Waals surface area contributed by atoms with Crippen molar-refractivity contribution in [2.45, 2.75) is 32.8 Å². The molecule has 0 fully saturated rings. The molecule has 1 aliphatic carbocycles. The van der Waals surface area contributed by atoms with E-state index in [1.165, 1.54) is 36.4 Å². The third kappa shape index (κ3) is 1.68. The molecule has 0 aromatic heterocycles. The van der Waals surface area contributed by atoms with Crippen molar-refractivity contribution in [1.29, 1.82) is 0 Å². The van der Waals surface area contributed by atoms with Crippen molar-refractivity contribution in [1.82, 2.24) is 0 Å². The van der Waals surface area contributed by atoms with E-state index in [1.54, 1.807) is 0 Å². The van der Waals surface area contributed by atoms with Gasteiger partial charge in [-0.15, -0.1) is 0 Å². The van der Waals surface area contributed by atoms with Crippen LogP contribution in [0.25, 0.3) is 11.1 Å². The van der Waals surface area contributed by atoms with E-state index < -0.39 is 43.9 Å². The minimum absolute atomic E-state index is 0.288. The fraction of sp³-hybridized carbons (Fsp3) is 0.294. The summed E-state index contributed by atoms with van der Waals surface area (Å²) in [5.41, 5.74) is -2.07. The molecule has 17 heavy (non-hydrogen) atoms. The summed E-state index contributed by atoms with van der Waals surface area (Å²) in [7, 11) is 0. The Labute approximate surface area is 120 Å². The summed E-state index contributed by atoms with van der Waals surface area (Å²) < 4.78 is 97.6. The second-order valence-corrected chi connectivity index (χ2v) is 3.83. The molecule has 0 atom stereocenters. The Morgan fingerprint density at radius 3 is 1.88 bits per heavy atom. The van der Waals surface area contributed by atoms with Crippen LogP contribution >= 0.6 is 0 Å². The van der Waals surface area contributed by atoms with E-state index in [0.29, 0.717) is 0 Å². The molecule has 0 radical (unpaired) electrons. The van der Waals surface area contributed by atoms with Crippen LogP contribution < -0.4 is 0 Å². The zero-order valence-electron chi connectivity index (χ0n) is 21.0. The van der Waals surface area contributed by atoms with E-state index in [-0.39, 0.29) is 22.3 Å². The first-order chi connectivity index (χ1) is 13.0. The third-order valence-electron chi connectivity index (χ3n) is 2.77. The molecule has 0 heteroatoms. The minimum Gasteiger partial charge on any atom is -0.0617 e. The van der Waals surface area contributed by atoms with Crippen molar-refractivity contribution in [3.63, 3.8) is 0 Å². The van der Waals surface area contributed by atoms with Crippen molar-refractivity contribution < 1.29 is 16.4 Å². The molecule has 86 valence electrons. The van der Waals surface area contributed by atoms with Crippen molar-refractivity contribution in [2.24, 2.45) is 0 Å². The molecule has 3 rings (SSSR count). The summed E-state index contributed by atoms with van der Waals surface area (Å²) in [5.74, 6) is 0. The third-order valence-corrected chi connectivity index (χ3v) is 2.77. The first-order valence-electron chi connectivity index (χ1n) is 11.2. The summed E-state index contributed by atoms with van der Waals surface area (Å²) in [4.78, 5) is 0. The van der Waals surface area contributed by atoms with Gasteiger partial charge in [0.1, 0.15) is 0 Å². The van der Waals surface area contributed by atoms with Crippen LogP contribution in [0.4, 0.5) is 0 Å². The fourth-order valence-electron chi connectivity index (χ4n) is 2.02. The van der Waals surface area contributed by atoms with Gasteiger partial charge in [-0.25, -0.2) is 0 Å². The highest BCUT2D eigenvalue weighted by atomic mass is 14.2. The number of benzene rings is 2. The molecule has 0 heterocycles. The summed E-state index contributed by atoms with van der Waals surface area (Å²) in [5, 5.41) is 0. The Morgan fingerprint density at radius 2 is 1.41 bits per heavy atom. The smallest absolute Gasteiger partial charge is 0.0316 e. The Hall–Kier alpha value is -1.56. The minimum atomic E-state index is -3.12. The lowest BCUT2D eigenvalue weighted by molar-refractivity contribution is 0.834. The van der Waals surface area contributed by atoms with Crippen molar-refractivity contribution >= 4 is 0 Å². The monoisotopic (exact) mass is 234 g/mol. The summed E-state index contributed by atoms with van der Waals surface area (Å²) >= 11 is 0. The van der Waals surface area contributed by atoms with Crippen LogP contribution in [0.2, 0.25) is 0 Å². The molecule has 0 spiro atoms. The lowest BCUT2D eigenvalue weighted by Crippen LogP contribution is -1.94. The number of hydrogen-bond acceptors (Lipinski definition) is 0. The topological polar surface area (TPSA) is 0 Å². The van der Waals surface area contributed by atoms with E-state index in [0.717, 1.165) is 0 Å². The SMILES string of the molecule is [2H]C([2H])([2H])c1cccc2c1-c1c(C([2H])([2H])[2H])cccc1C([2H])([2H])C([2H])([2H])C2([2H])[2H]. The van der Waals surface area contributed by atoms with Gasteiger partial charge in [0.05, 0.1) is 0 Å². The molecule has 2 aromatic rings. The molecule has 0 nitrogen and oxygen atoms in total. The van der Waals surface area contributed by atoms with Gasteiger partial charge in [-0.1, -0.05) is 36.4 Å². The van der Waals surface area contributed by atoms with Crippen LogP contribution in [-0.4, -0.2) is 0 Å². The van der Waals surface area contributed by atoms with Crippen LogP contribution in [0, 0.1) is 13.7 Å². The largest absolute Gasteiger partial charge is 0.0617 e. The number of rotatable bonds is 0. The zero-order chi connectivity index (χ0) is 22.2. The second kappa shape index (κ2) is 4.03. The predicted octanol–water partition coefficient (Wildman–Crippen LogP) is 4.46. The van der Waals surface area contributed by atoms with Gasteiger partial charge in [0.25, 0.3) is 0 Å². The highest BCUT2D eigenvalue weighted by molar-refractivity contribution is 5.77. The van der Waals surface area contributed by atoms with E-state index in [1.807, 2.05) is 0 Å². The van der Waals surface area contributed by atoms with E-state index in [9.17, 15) is 0 Å². The molecular weight excluding hydrogens is 204 g/mol. The lowest BCUT2D eigenvalue weighted by atomic mass is 9.90. The van der Waals surface area contributed by atoms with Gasteiger partial charge in [0, 0.05) is 16.4 Å². The first-order valence-corrected chi connectivity index (χ1v) is 5.24. The van der Waals surface area contributed by atoms with Gasteiger partial charge in [-0.3, -0.25) is 0 Å². The van der Waals surface area contributed by atoms with Crippen LogP contribution in [0.5, 0.6) is 0 Å². The van der Waals surface area contributed by atoms with Gasteiger partial charge in [-0.2, -0.15) is 0 Å². The Bertz CT molecular complexity index is 888. The number of fused-ring (bicyclic) bond motifs is 3. The Morgan fingerprint density at radius 1 is 0.882 bits per heavy atom. The molecule has 0 saturated carbocycles. The van der Waals surface area contributed by atoms with E-state index in [2.05, 4.69) is 0 Å². The maximum atomic E-state index is 8.44. The maximum absolute atomic E-state index is 8.44. The van der Waals surface area contributed by atoms with Gasteiger partial charge < -0.3 is 0 Å². The van der Waals surface area contributed by atoms with Gasteiger partial charge in [0.15, 0.2) is 0 Å². The summed E-state index contributed by atoms with van der Waals surface area (Å²) in [6.45, 7) is -5.52. The Kier molecular flexibility index (Phi) is 0.881. The molecule has 0 saturated heterocycles. The standard InChI is InChI=1S/C17H18/c1-12-6-3-8-14-10-5-11-15-9-4-7-13(2)17(15)16(12)14/h3-4,6-9H,5,10-11H2,1-2H3/i1D3,2D3,5D2,10D2,11D2. The van der Waals surface area contributed by atoms with E-state index in [4.69, 9.17) is 16.4 Å². The van der Waals surface area contributed by atoms with Crippen molar-refractivity contribution in [3.8, 4) is 11.1 Å². The zero-order valence-corrected chi connectivity index (χ0v) is 8.96. The quantitative estimate of drug-likeness (QED) is 0.631. The van der Waals surface area contributed by atoms with Gasteiger partial charge in [0.2, 0.25) is 0 Å². The fourth-order valence-corrected chi connectivity index (χ4v) is 2.02. The Balaban J connectivity index is 2.67. The highest BCUT2D eigenvalue weighted by Gasteiger charge is 2.17. The van der Waals surface area contributed by atoms with Gasteiger partial charge >= 0.3 is 0 Å². The average Bonchev–Trinajstić information content (AvgIpc) is 2.61. The van der Waals surface area contributed by atoms with Crippen molar-refractivity contribution in [2.75, 3.05) is 0 Å². The normalized spacial score (nSPS) is 34.6. The molecule has 2 aromatic carbocycles. The van der Waals surface area contributed by atoms with E-state index >= 15 is 0 Å². The summed E-state index contributed by atoms with van der Waals surface area (Å²) in [6.07, 6.45) is -9.02. The molecule has 0 N–H and O–H groups in total. The van der Waals surface area contributed by atoms with Crippen LogP contribution in [-0.2, 0) is 12.7 Å². The predicted molar refractivity (Wildman–Crippen MR) is 73.4 cm³/mol. The maximum Gasteiger partial charge on any atom is 0.0316 e. The average molecular weight is 234 g/mol. The van der Waals surface area contributed by atoms with Crippen LogP contribution in [0.3, 0.4) is 0 Å². The number of aryl methyl sites for hydroxylation is 4. The highest BCUT2D eigenvalue weighted by Crippen LogP contribution is 2.36. The lowest BCUT2D eigenvalue weighted by Gasteiger charge is -2.15. The molecule has 1 aliphatic rings.